The van der Waals surface area contributed by atoms with Gasteiger partial charge in [0.25, 0.3) is 0 Å². The maximum absolute atomic E-state index is 11.9. The minimum Gasteiger partial charge on any atom is -0.299 e. The number of carbonyl (C=O) groups excluding carboxylic acids is 1. The zero-order valence-corrected chi connectivity index (χ0v) is 9.40. The summed E-state index contributed by atoms with van der Waals surface area (Å²) < 4.78 is 16.1. The SMILES string of the molecule is [2H][C@@]1(C)CC(C(C)(C)C)C[C@@]([2H])(C)C1=O. The van der Waals surface area contributed by atoms with Crippen molar-refractivity contribution < 1.29 is 7.54 Å². The highest BCUT2D eigenvalue weighted by molar-refractivity contribution is 5.83. The fourth-order valence-corrected chi connectivity index (χ4v) is 1.97. The lowest BCUT2D eigenvalue weighted by atomic mass is 9.66. The Hall–Kier alpha value is -0.330. The van der Waals surface area contributed by atoms with Crippen LogP contribution in [0.1, 0.15) is 50.2 Å². The van der Waals surface area contributed by atoms with Crippen molar-refractivity contribution in [3.63, 3.8) is 0 Å². The van der Waals surface area contributed by atoms with Gasteiger partial charge in [0, 0.05) is 14.5 Å². The first kappa shape index (κ1) is 8.02. The largest absolute Gasteiger partial charge is 0.299 e. The van der Waals surface area contributed by atoms with Crippen molar-refractivity contribution in [2.75, 3.05) is 0 Å². The molecule has 2 atom stereocenters. The van der Waals surface area contributed by atoms with E-state index in [9.17, 15) is 4.79 Å². The number of ketones is 1. The lowest BCUT2D eigenvalue weighted by Crippen LogP contribution is -2.35. The van der Waals surface area contributed by atoms with Gasteiger partial charge in [-0.3, -0.25) is 4.79 Å². The van der Waals surface area contributed by atoms with E-state index in [1.165, 1.54) is 0 Å². The lowest BCUT2D eigenvalue weighted by molar-refractivity contribution is -0.130. The zero-order chi connectivity index (χ0) is 12.1. The lowest BCUT2D eigenvalue weighted by Gasteiger charge is -2.38. The Morgan fingerprint density at radius 3 is 1.92 bits per heavy atom. The number of Topliss-reactive ketones (excluding diaryl/α,β-unsaturated/α-hetero) is 1. The van der Waals surface area contributed by atoms with E-state index in [1.807, 2.05) is 0 Å². The monoisotopic (exact) mass is 184 g/mol. The fraction of sp³-hybridized carbons (Fsp3) is 0.917. The van der Waals surface area contributed by atoms with Crippen LogP contribution in [0, 0.1) is 23.1 Å². The van der Waals surface area contributed by atoms with Crippen LogP contribution < -0.4 is 0 Å². The van der Waals surface area contributed by atoms with Crippen molar-refractivity contribution in [1.29, 1.82) is 0 Å². The minimum absolute atomic E-state index is 0.0747. The van der Waals surface area contributed by atoms with Gasteiger partial charge in [0.05, 0.1) is 0 Å². The Balaban J connectivity index is 3.00. The second-order valence-electron chi connectivity index (χ2n) is 5.36. The van der Waals surface area contributed by atoms with Gasteiger partial charge >= 0.3 is 0 Å². The normalized spacial score (nSPS) is 49.9. The zero-order valence-electron chi connectivity index (χ0n) is 11.4. The van der Waals surface area contributed by atoms with Crippen LogP contribution in [0.15, 0.2) is 0 Å². The van der Waals surface area contributed by atoms with Crippen molar-refractivity contribution in [3.05, 3.63) is 0 Å². The molecule has 0 heterocycles. The maximum atomic E-state index is 11.9. The van der Waals surface area contributed by atoms with E-state index in [2.05, 4.69) is 20.8 Å². The highest BCUT2D eigenvalue weighted by Gasteiger charge is 2.36. The number of hydrogen-bond donors (Lipinski definition) is 0. The standard InChI is InChI=1S/C12H22O/c1-8-6-10(12(3,4)5)7-9(2)11(8)13/h8-10H,6-7H2,1-5H3/t8-,9-/m1/s1/i8D,9D. The van der Waals surface area contributed by atoms with Gasteiger partial charge in [-0.05, 0) is 24.2 Å². The average Bonchev–Trinajstić information content (AvgIpc) is 1.97. The van der Waals surface area contributed by atoms with Crippen molar-refractivity contribution in [3.8, 4) is 0 Å². The third kappa shape index (κ3) is 2.32. The minimum atomic E-state index is -1.08. The second-order valence-corrected chi connectivity index (χ2v) is 5.36. The van der Waals surface area contributed by atoms with Crippen molar-refractivity contribution >= 4 is 5.78 Å². The van der Waals surface area contributed by atoms with Gasteiger partial charge < -0.3 is 0 Å². The van der Waals surface area contributed by atoms with E-state index in [4.69, 9.17) is 2.74 Å². The molecule has 1 aliphatic rings. The molecule has 1 rings (SSSR count). The number of rotatable bonds is 0. The first-order valence-corrected chi connectivity index (χ1v) is 5.02. The summed E-state index contributed by atoms with van der Waals surface area (Å²) >= 11 is 0. The van der Waals surface area contributed by atoms with E-state index >= 15 is 0 Å². The Morgan fingerprint density at radius 2 is 1.62 bits per heavy atom. The Kier molecular flexibility index (Phi) is 2.12. The predicted molar refractivity (Wildman–Crippen MR) is 55.5 cm³/mol. The van der Waals surface area contributed by atoms with Gasteiger partial charge in [-0.1, -0.05) is 34.6 Å². The summed E-state index contributed by atoms with van der Waals surface area (Å²) in [6.45, 7) is 9.68. The molecule has 1 saturated carbocycles. The Morgan fingerprint density at radius 1 is 1.23 bits per heavy atom. The summed E-state index contributed by atoms with van der Waals surface area (Å²) in [5.74, 6) is -2.10. The molecule has 0 radical (unpaired) electrons. The molecule has 0 spiro atoms. The first-order valence-electron chi connectivity index (χ1n) is 6.02. The highest BCUT2D eigenvalue weighted by Crippen LogP contribution is 2.40. The molecule has 0 aromatic heterocycles. The quantitative estimate of drug-likeness (QED) is 0.564. The summed E-state index contributed by atoms with van der Waals surface area (Å²) in [5, 5.41) is 0. The molecule has 1 heteroatoms. The van der Waals surface area contributed by atoms with Crippen LogP contribution in [0.4, 0.5) is 0 Å². The van der Waals surface area contributed by atoms with Crippen molar-refractivity contribution in [2.24, 2.45) is 23.1 Å². The molecule has 0 amide bonds. The first-order chi connectivity index (χ1) is 6.47. The molecule has 0 aromatic rings. The Bertz CT molecular complexity index is 254. The molecule has 1 aliphatic carbocycles. The molecular formula is C12H22O. The molecular weight excluding hydrogens is 160 g/mol. The summed E-state index contributed by atoms with van der Waals surface area (Å²) in [5.41, 5.74) is 0.0747. The summed E-state index contributed by atoms with van der Waals surface area (Å²) in [4.78, 5) is 11.9. The molecule has 1 nitrogen and oxygen atoms in total. The fourth-order valence-electron chi connectivity index (χ4n) is 1.97. The second kappa shape index (κ2) is 3.43. The molecule has 13 heavy (non-hydrogen) atoms. The molecule has 0 saturated heterocycles. The Labute approximate surface area is 84.7 Å². The van der Waals surface area contributed by atoms with E-state index < -0.39 is 11.8 Å². The molecule has 0 aliphatic heterocycles. The topological polar surface area (TPSA) is 17.1 Å². The van der Waals surface area contributed by atoms with Gasteiger partial charge in [-0.2, -0.15) is 0 Å². The molecule has 0 N–H and O–H groups in total. The van der Waals surface area contributed by atoms with Crippen LogP contribution in [0.5, 0.6) is 0 Å². The molecule has 0 bridgehead atoms. The van der Waals surface area contributed by atoms with Crippen molar-refractivity contribution in [1.82, 2.24) is 0 Å². The van der Waals surface area contributed by atoms with Crippen molar-refractivity contribution in [2.45, 2.75) is 47.5 Å². The van der Waals surface area contributed by atoms with Gasteiger partial charge in [-0.25, -0.2) is 0 Å². The third-order valence-electron chi connectivity index (χ3n) is 3.11. The van der Waals surface area contributed by atoms with Gasteiger partial charge in [0.15, 0.2) is 0 Å². The van der Waals surface area contributed by atoms with Crippen LogP contribution in [0.2, 0.25) is 0 Å². The van der Waals surface area contributed by atoms with Crippen LogP contribution >= 0.6 is 0 Å². The summed E-state index contributed by atoms with van der Waals surface area (Å²) in [6.07, 6.45) is 1.17. The highest BCUT2D eigenvalue weighted by atomic mass is 16.1. The van der Waals surface area contributed by atoms with E-state index in [0.29, 0.717) is 12.8 Å². The van der Waals surface area contributed by atoms with Gasteiger partial charge in [0.2, 0.25) is 0 Å². The average molecular weight is 184 g/mol. The molecule has 0 aromatic carbocycles. The van der Waals surface area contributed by atoms with Gasteiger partial charge in [0.1, 0.15) is 5.78 Å². The van der Waals surface area contributed by atoms with Crippen LogP contribution in [0.25, 0.3) is 0 Å². The smallest absolute Gasteiger partial charge is 0.138 e. The summed E-state index contributed by atoms with van der Waals surface area (Å²) in [6, 6.07) is 0. The van der Waals surface area contributed by atoms with Crippen LogP contribution in [-0.4, -0.2) is 5.78 Å². The van der Waals surface area contributed by atoms with Crippen LogP contribution in [-0.2, 0) is 4.79 Å². The third-order valence-corrected chi connectivity index (χ3v) is 3.11. The maximum Gasteiger partial charge on any atom is 0.138 e. The number of carbonyl (C=O) groups is 1. The van der Waals surface area contributed by atoms with E-state index in [-0.39, 0.29) is 17.1 Å². The van der Waals surface area contributed by atoms with E-state index in [1.54, 1.807) is 13.8 Å². The number of hydrogen-bond acceptors (Lipinski definition) is 1. The molecule has 0 unspecified atom stereocenters. The van der Waals surface area contributed by atoms with Crippen LogP contribution in [0.3, 0.4) is 0 Å². The molecule has 76 valence electrons. The van der Waals surface area contributed by atoms with E-state index in [0.717, 1.165) is 0 Å². The predicted octanol–water partition coefficient (Wildman–Crippen LogP) is 3.28. The molecule has 1 fully saturated rings. The summed E-state index contributed by atoms with van der Waals surface area (Å²) in [7, 11) is 0. The van der Waals surface area contributed by atoms with Gasteiger partial charge in [-0.15, -0.1) is 0 Å².